The molecule has 1 aliphatic rings. The van der Waals surface area contributed by atoms with Crippen LogP contribution in [-0.2, 0) is 4.74 Å². The van der Waals surface area contributed by atoms with Gasteiger partial charge in [0.2, 0.25) is 5.92 Å². The molecule has 1 aliphatic carbocycles. The van der Waals surface area contributed by atoms with Crippen molar-refractivity contribution in [3.05, 3.63) is 29.2 Å². The van der Waals surface area contributed by atoms with Crippen LogP contribution in [0.1, 0.15) is 58.2 Å². The van der Waals surface area contributed by atoms with Gasteiger partial charge in [0.15, 0.2) is 5.65 Å². The molecule has 0 aliphatic heterocycles. The molecular weight excluding hydrogens is 378 g/mol. The number of nitrogens with zero attached hydrogens (tertiary/aromatic N) is 3. The van der Waals surface area contributed by atoms with E-state index in [9.17, 15) is 13.6 Å². The fraction of sp³-hybridized carbons (Fsp3) is 0.611. The van der Waals surface area contributed by atoms with Crippen LogP contribution in [0.15, 0.2) is 18.5 Å². The van der Waals surface area contributed by atoms with Gasteiger partial charge >= 0.3 is 6.09 Å². The first-order valence-corrected chi connectivity index (χ1v) is 9.28. The van der Waals surface area contributed by atoms with E-state index in [-0.39, 0.29) is 31.6 Å². The minimum absolute atomic E-state index is 0.169. The van der Waals surface area contributed by atoms with Crippen LogP contribution in [0, 0.1) is 5.92 Å². The van der Waals surface area contributed by atoms with Gasteiger partial charge in [0, 0.05) is 18.9 Å². The van der Waals surface area contributed by atoms with Gasteiger partial charge in [-0.2, -0.15) is 5.10 Å². The van der Waals surface area contributed by atoms with E-state index in [4.69, 9.17) is 16.3 Å². The Morgan fingerprint density at radius 2 is 2.07 bits per heavy atom. The molecule has 0 spiro atoms. The molecule has 1 unspecified atom stereocenters. The molecule has 0 saturated heterocycles. The second-order valence-electron chi connectivity index (χ2n) is 7.96. The van der Waals surface area contributed by atoms with Crippen molar-refractivity contribution in [3.63, 3.8) is 0 Å². The van der Waals surface area contributed by atoms with E-state index in [1.54, 1.807) is 37.5 Å². The van der Waals surface area contributed by atoms with Crippen molar-refractivity contribution < 1.29 is 18.3 Å². The summed E-state index contributed by atoms with van der Waals surface area (Å²) >= 11 is 5.96. The lowest BCUT2D eigenvalue weighted by atomic mass is 9.81. The Kier molecular flexibility index (Phi) is 5.29. The SMILES string of the molecule is CC(C)(C)OC(=O)NC(c1cn2ncc(Cl)cc2n1)C1CCC(F)(F)CC1. The molecule has 148 valence electrons. The molecule has 0 radical (unpaired) electrons. The number of nitrogens with one attached hydrogen (secondary N) is 1. The van der Waals surface area contributed by atoms with Gasteiger partial charge in [-0.05, 0) is 39.5 Å². The number of hydrogen-bond donors (Lipinski definition) is 1. The lowest BCUT2D eigenvalue weighted by Crippen LogP contribution is -2.40. The van der Waals surface area contributed by atoms with Gasteiger partial charge in [-0.15, -0.1) is 0 Å². The summed E-state index contributed by atoms with van der Waals surface area (Å²) < 4.78 is 34.1. The van der Waals surface area contributed by atoms with Crippen LogP contribution in [0.5, 0.6) is 0 Å². The van der Waals surface area contributed by atoms with Crippen molar-refractivity contribution in [1.29, 1.82) is 0 Å². The number of carbonyl (C=O) groups is 1. The van der Waals surface area contributed by atoms with Crippen LogP contribution in [0.4, 0.5) is 13.6 Å². The Balaban J connectivity index is 1.87. The van der Waals surface area contributed by atoms with E-state index in [0.29, 0.717) is 16.4 Å². The van der Waals surface area contributed by atoms with E-state index >= 15 is 0 Å². The Morgan fingerprint density at radius 1 is 1.41 bits per heavy atom. The average molecular weight is 401 g/mol. The molecule has 3 rings (SSSR count). The maximum absolute atomic E-state index is 13.6. The fourth-order valence-corrected chi connectivity index (χ4v) is 3.43. The Bertz CT molecular complexity index is 824. The second-order valence-corrected chi connectivity index (χ2v) is 8.40. The molecule has 0 aromatic carbocycles. The van der Waals surface area contributed by atoms with Crippen LogP contribution < -0.4 is 5.32 Å². The average Bonchev–Trinajstić information content (AvgIpc) is 2.94. The quantitative estimate of drug-likeness (QED) is 0.805. The van der Waals surface area contributed by atoms with Gasteiger partial charge in [0.25, 0.3) is 0 Å². The number of rotatable bonds is 3. The Labute approximate surface area is 161 Å². The van der Waals surface area contributed by atoms with E-state index in [2.05, 4.69) is 15.4 Å². The summed E-state index contributed by atoms with van der Waals surface area (Å²) in [6.07, 6.45) is 2.72. The largest absolute Gasteiger partial charge is 0.444 e. The van der Waals surface area contributed by atoms with Gasteiger partial charge in [0.1, 0.15) is 5.60 Å². The zero-order valence-corrected chi connectivity index (χ0v) is 16.3. The summed E-state index contributed by atoms with van der Waals surface area (Å²) in [5.41, 5.74) is 0.405. The standard InChI is InChI=1S/C18H23ClF2N4O2/c1-17(2,3)27-16(26)24-15(11-4-6-18(20,21)7-5-11)13-10-25-14(23-13)8-12(19)9-22-25/h8-11,15H,4-7H2,1-3H3,(H,24,26). The third kappa shape index (κ3) is 5.06. The number of fused-ring (bicyclic) bond motifs is 1. The van der Waals surface area contributed by atoms with Crippen molar-refractivity contribution in [1.82, 2.24) is 19.9 Å². The molecule has 1 atom stereocenters. The number of hydrogen-bond acceptors (Lipinski definition) is 4. The summed E-state index contributed by atoms with van der Waals surface area (Å²) in [5, 5.41) is 7.41. The number of carbonyl (C=O) groups excluding carboxylic acids is 1. The predicted octanol–water partition coefficient (Wildman–Crippen LogP) is 4.77. The fourth-order valence-electron chi connectivity index (χ4n) is 3.29. The zero-order chi connectivity index (χ0) is 19.8. The maximum Gasteiger partial charge on any atom is 0.408 e. The van der Waals surface area contributed by atoms with Crippen LogP contribution in [0.2, 0.25) is 5.02 Å². The van der Waals surface area contributed by atoms with Crippen molar-refractivity contribution in [2.45, 2.75) is 64.0 Å². The summed E-state index contributed by atoms with van der Waals surface area (Å²) in [5.74, 6) is -2.82. The van der Waals surface area contributed by atoms with Crippen molar-refractivity contribution in [3.8, 4) is 0 Å². The van der Waals surface area contributed by atoms with Crippen LogP contribution in [-0.4, -0.2) is 32.2 Å². The topological polar surface area (TPSA) is 68.5 Å². The molecule has 27 heavy (non-hydrogen) atoms. The Hall–Kier alpha value is -1.96. The third-order valence-corrected chi connectivity index (χ3v) is 4.74. The molecule has 2 heterocycles. The molecular formula is C18H23ClF2N4O2. The highest BCUT2D eigenvalue weighted by Gasteiger charge is 2.39. The highest BCUT2D eigenvalue weighted by atomic mass is 35.5. The van der Waals surface area contributed by atoms with Crippen molar-refractivity contribution in [2.24, 2.45) is 5.92 Å². The summed E-state index contributed by atoms with van der Waals surface area (Å²) in [7, 11) is 0. The second kappa shape index (κ2) is 7.22. The van der Waals surface area contributed by atoms with Crippen molar-refractivity contribution >= 4 is 23.3 Å². The van der Waals surface area contributed by atoms with Gasteiger partial charge < -0.3 is 10.1 Å². The summed E-state index contributed by atoms with van der Waals surface area (Å²) in [6, 6.07) is 1.11. The first-order chi connectivity index (χ1) is 12.5. The smallest absolute Gasteiger partial charge is 0.408 e. The lowest BCUT2D eigenvalue weighted by molar-refractivity contribution is -0.0500. The number of aromatic nitrogens is 3. The highest BCUT2D eigenvalue weighted by Crippen LogP contribution is 2.41. The van der Waals surface area contributed by atoms with E-state index in [1.165, 1.54) is 6.20 Å². The Morgan fingerprint density at radius 3 is 2.70 bits per heavy atom. The van der Waals surface area contributed by atoms with Gasteiger partial charge in [-0.1, -0.05) is 11.6 Å². The molecule has 2 aromatic heterocycles. The number of amides is 1. The summed E-state index contributed by atoms with van der Waals surface area (Å²) in [4.78, 5) is 16.8. The zero-order valence-electron chi connectivity index (χ0n) is 15.5. The molecule has 2 aromatic rings. The minimum Gasteiger partial charge on any atom is -0.444 e. The van der Waals surface area contributed by atoms with Crippen LogP contribution in [0.25, 0.3) is 5.65 Å². The minimum atomic E-state index is -2.65. The number of alkyl halides is 2. The molecule has 0 bridgehead atoms. The number of halogens is 3. The number of ether oxygens (including phenoxy) is 1. The normalized spacial score (nSPS) is 19.0. The third-order valence-electron chi connectivity index (χ3n) is 4.53. The molecule has 1 saturated carbocycles. The molecule has 1 fully saturated rings. The molecule has 1 amide bonds. The van der Waals surface area contributed by atoms with Crippen LogP contribution in [0.3, 0.4) is 0 Å². The number of imidazole rings is 1. The monoisotopic (exact) mass is 400 g/mol. The first kappa shape index (κ1) is 19.8. The highest BCUT2D eigenvalue weighted by molar-refractivity contribution is 6.30. The van der Waals surface area contributed by atoms with Gasteiger partial charge in [0.05, 0.1) is 29.2 Å². The molecule has 1 N–H and O–H groups in total. The van der Waals surface area contributed by atoms with Gasteiger partial charge in [-0.3, -0.25) is 0 Å². The predicted molar refractivity (Wildman–Crippen MR) is 97.0 cm³/mol. The van der Waals surface area contributed by atoms with E-state index in [0.717, 1.165) is 0 Å². The summed E-state index contributed by atoms with van der Waals surface area (Å²) in [6.45, 7) is 5.29. The lowest BCUT2D eigenvalue weighted by Gasteiger charge is -2.33. The maximum atomic E-state index is 13.6. The van der Waals surface area contributed by atoms with Gasteiger partial charge in [-0.25, -0.2) is 23.1 Å². The number of alkyl carbamates (subject to hydrolysis) is 1. The molecule has 9 heteroatoms. The molecule has 6 nitrogen and oxygen atoms in total. The first-order valence-electron chi connectivity index (χ1n) is 8.91. The van der Waals surface area contributed by atoms with Crippen molar-refractivity contribution in [2.75, 3.05) is 0 Å². The van der Waals surface area contributed by atoms with E-state index < -0.39 is 23.7 Å². The van der Waals surface area contributed by atoms with E-state index in [1.807, 2.05) is 0 Å². The van der Waals surface area contributed by atoms with Crippen LogP contribution >= 0.6 is 11.6 Å².